The monoisotopic (exact) mass is 259 g/mol. The van der Waals surface area contributed by atoms with Crippen LogP contribution < -0.4 is 0 Å². The van der Waals surface area contributed by atoms with Crippen LogP contribution in [0.15, 0.2) is 30.3 Å². The zero-order valence-corrected chi connectivity index (χ0v) is 12.1. The molecule has 2 heteroatoms. The largest absolute Gasteiger partial charge is 0.293 e. The van der Waals surface area contributed by atoms with Crippen LogP contribution in [0, 0.1) is 5.92 Å². The third kappa shape index (κ3) is 3.66. The molecule has 1 aliphatic rings. The molecule has 19 heavy (non-hydrogen) atoms. The van der Waals surface area contributed by atoms with Gasteiger partial charge in [-0.05, 0) is 44.7 Å². The van der Waals surface area contributed by atoms with Crippen molar-refractivity contribution in [1.29, 1.82) is 0 Å². The van der Waals surface area contributed by atoms with E-state index >= 15 is 0 Å². The lowest BCUT2D eigenvalue weighted by molar-refractivity contribution is 0.0814. The smallest absolute Gasteiger partial charge is 0.179 e. The van der Waals surface area contributed by atoms with E-state index < -0.39 is 0 Å². The van der Waals surface area contributed by atoms with E-state index in [2.05, 4.69) is 18.7 Å². The molecule has 1 aromatic rings. The third-order valence-corrected chi connectivity index (χ3v) is 4.24. The van der Waals surface area contributed by atoms with Gasteiger partial charge in [-0.25, -0.2) is 0 Å². The molecule has 0 aromatic heterocycles. The first kappa shape index (κ1) is 14.3. The molecule has 1 aromatic carbocycles. The molecule has 0 radical (unpaired) electrons. The predicted octanol–water partition coefficient (Wildman–Crippen LogP) is 3.77. The molecular formula is C17H25NO. The van der Waals surface area contributed by atoms with E-state index in [0.717, 1.165) is 31.0 Å². The maximum Gasteiger partial charge on any atom is 0.179 e. The van der Waals surface area contributed by atoms with Crippen LogP contribution in [0.5, 0.6) is 0 Å². The van der Waals surface area contributed by atoms with Gasteiger partial charge in [-0.15, -0.1) is 0 Å². The maximum atomic E-state index is 12.6. The summed E-state index contributed by atoms with van der Waals surface area (Å²) in [5.41, 5.74) is 0.853. The van der Waals surface area contributed by atoms with Gasteiger partial charge in [-0.3, -0.25) is 9.69 Å². The molecule has 2 rings (SSSR count). The summed E-state index contributed by atoms with van der Waals surface area (Å²) in [6, 6.07) is 9.80. The SMILES string of the molecule is CCC(C(=O)c1ccccc1)N1CCCC(C)CC1. The zero-order chi connectivity index (χ0) is 13.7. The summed E-state index contributed by atoms with van der Waals surface area (Å²) in [7, 11) is 0. The lowest BCUT2D eigenvalue weighted by atomic mass is 10.0. The summed E-state index contributed by atoms with van der Waals surface area (Å²) in [5, 5.41) is 0. The van der Waals surface area contributed by atoms with E-state index in [1.165, 1.54) is 19.3 Å². The Morgan fingerprint density at radius 2 is 2.00 bits per heavy atom. The second kappa shape index (κ2) is 6.85. The summed E-state index contributed by atoms with van der Waals surface area (Å²) in [5.74, 6) is 1.09. The standard InChI is InChI=1S/C17H25NO/c1-3-16(17(19)15-9-5-4-6-10-15)18-12-7-8-14(2)11-13-18/h4-6,9-10,14,16H,3,7-8,11-13H2,1-2H3. The molecule has 0 N–H and O–H groups in total. The van der Waals surface area contributed by atoms with Crippen LogP contribution >= 0.6 is 0 Å². The lowest BCUT2D eigenvalue weighted by Crippen LogP contribution is -2.41. The number of likely N-dealkylation sites (tertiary alicyclic amines) is 1. The summed E-state index contributed by atoms with van der Waals surface area (Å²) in [6.07, 6.45) is 4.65. The second-order valence-corrected chi connectivity index (χ2v) is 5.73. The number of nitrogens with zero attached hydrogens (tertiary/aromatic N) is 1. The quantitative estimate of drug-likeness (QED) is 0.767. The number of hydrogen-bond donors (Lipinski definition) is 0. The molecular weight excluding hydrogens is 234 g/mol. The Bertz CT molecular complexity index is 401. The van der Waals surface area contributed by atoms with Crippen LogP contribution in [0.4, 0.5) is 0 Å². The van der Waals surface area contributed by atoms with Gasteiger partial charge in [0.05, 0.1) is 6.04 Å². The second-order valence-electron chi connectivity index (χ2n) is 5.73. The van der Waals surface area contributed by atoms with Crippen LogP contribution in [0.2, 0.25) is 0 Å². The molecule has 1 heterocycles. The Kier molecular flexibility index (Phi) is 5.15. The Morgan fingerprint density at radius 3 is 2.68 bits per heavy atom. The van der Waals surface area contributed by atoms with Crippen molar-refractivity contribution >= 4 is 5.78 Å². The third-order valence-electron chi connectivity index (χ3n) is 4.24. The van der Waals surface area contributed by atoms with E-state index in [1.807, 2.05) is 30.3 Å². The number of rotatable bonds is 4. The van der Waals surface area contributed by atoms with E-state index in [0.29, 0.717) is 0 Å². The van der Waals surface area contributed by atoms with Crippen LogP contribution in [0.3, 0.4) is 0 Å². The van der Waals surface area contributed by atoms with Gasteiger partial charge in [0.2, 0.25) is 0 Å². The van der Waals surface area contributed by atoms with Gasteiger partial charge in [0.15, 0.2) is 5.78 Å². The summed E-state index contributed by atoms with van der Waals surface area (Å²) < 4.78 is 0. The van der Waals surface area contributed by atoms with Gasteiger partial charge < -0.3 is 0 Å². The molecule has 0 bridgehead atoms. The number of carbonyl (C=O) groups is 1. The fraction of sp³-hybridized carbons (Fsp3) is 0.588. The predicted molar refractivity (Wildman–Crippen MR) is 79.4 cm³/mol. The Morgan fingerprint density at radius 1 is 1.26 bits per heavy atom. The van der Waals surface area contributed by atoms with Gasteiger partial charge in [0.25, 0.3) is 0 Å². The number of carbonyl (C=O) groups excluding carboxylic acids is 1. The fourth-order valence-electron chi connectivity index (χ4n) is 3.00. The Labute approximate surface area is 116 Å². The van der Waals surface area contributed by atoms with Gasteiger partial charge in [-0.1, -0.05) is 44.2 Å². The number of hydrogen-bond acceptors (Lipinski definition) is 2. The number of Topliss-reactive ketones (excluding diaryl/α,β-unsaturated/α-hetero) is 1. The molecule has 0 amide bonds. The highest BCUT2D eigenvalue weighted by molar-refractivity contribution is 6.00. The molecule has 0 spiro atoms. The van der Waals surface area contributed by atoms with Crippen molar-refractivity contribution in [1.82, 2.24) is 4.90 Å². The topological polar surface area (TPSA) is 20.3 Å². The summed E-state index contributed by atoms with van der Waals surface area (Å²) in [4.78, 5) is 15.0. The number of benzene rings is 1. The van der Waals surface area contributed by atoms with Crippen molar-refractivity contribution in [3.05, 3.63) is 35.9 Å². The number of ketones is 1. The Hall–Kier alpha value is -1.15. The van der Waals surface area contributed by atoms with Crippen LogP contribution in [-0.4, -0.2) is 29.8 Å². The van der Waals surface area contributed by atoms with Crippen molar-refractivity contribution in [2.45, 2.75) is 45.6 Å². The first-order chi connectivity index (χ1) is 9.22. The molecule has 104 valence electrons. The highest BCUT2D eigenvalue weighted by Gasteiger charge is 2.26. The van der Waals surface area contributed by atoms with E-state index in [4.69, 9.17) is 0 Å². The first-order valence-electron chi connectivity index (χ1n) is 7.55. The van der Waals surface area contributed by atoms with Gasteiger partial charge in [-0.2, -0.15) is 0 Å². The first-order valence-corrected chi connectivity index (χ1v) is 7.55. The highest BCUT2D eigenvalue weighted by atomic mass is 16.1. The van der Waals surface area contributed by atoms with Crippen molar-refractivity contribution in [2.24, 2.45) is 5.92 Å². The minimum Gasteiger partial charge on any atom is -0.293 e. The van der Waals surface area contributed by atoms with Crippen LogP contribution in [-0.2, 0) is 0 Å². The molecule has 2 nitrogen and oxygen atoms in total. The van der Waals surface area contributed by atoms with Gasteiger partial charge >= 0.3 is 0 Å². The average molecular weight is 259 g/mol. The highest BCUT2D eigenvalue weighted by Crippen LogP contribution is 2.21. The normalized spacial score (nSPS) is 22.7. The zero-order valence-electron chi connectivity index (χ0n) is 12.1. The van der Waals surface area contributed by atoms with Gasteiger partial charge in [0.1, 0.15) is 0 Å². The summed E-state index contributed by atoms with van der Waals surface area (Å²) in [6.45, 7) is 6.59. The van der Waals surface area contributed by atoms with Gasteiger partial charge in [0, 0.05) is 5.56 Å². The fourth-order valence-corrected chi connectivity index (χ4v) is 3.00. The average Bonchev–Trinajstić information content (AvgIpc) is 2.66. The molecule has 1 saturated heterocycles. The minimum absolute atomic E-state index is 0.0627. The van der Waals surface area contributed by atoms with Crippen LogP contribution in [0.25, 0.3) is 0 Å². The van der Waals surface area contributed by atoms with Crippen molar-refractivity contribution in [3.63, 3.8) is 0 Å². The van der Waals surface area contributed by atoms with E-state index in [1.54, 1.807) is 0 Å². The lowest BCUT2D eigenvalue weighted by Gasteiger charge is -2.28. The van der Waals surface area contributed by atoms with E-state index in [9.17, 15) is 4.79 Å². The van der Waals surface area contributed by atoms with Crippen molar-refractivity contribution in [3.8, 4) is 0 Å². The molecule has 1 aliphatic heterocycles. The Balaban J connectivity index is 2.09. The molecule has 0 aliphatic carbocycles. The molecule has 0 saturated carbocycles. The summed E-state index contributed by atoms with van der Waals surface area (Å²) >= 11 is 0. The minimum atomic E-state index is 0.0627. The van der Waals surface area contributed by atoms with Crippen molar-refractivity contribution in [2.75, 3.05) is 13.1 Å². The molecule has 1 fully saturated rings. The van der Waals surface area contributed by atoms with Crippen LogP contribution in [0.1, 0.15) is 49.9 Å². The molecule has 2 unspecified atom stereocenters. The maximum absolute atomic E-state index is 12.6. The van der Waals surface area contributed by atoms with Crippen molar-refractivity contribution < 1.29 is 4.79 Å². The van der Waals surface area contributed by atoms with E-state index in [-0.39, 0.29) is 11.8 Å². The molecule has 2 atom stereocenters.